The average molecular weight is 395 g/mol. The van der Waals surface area contributed by atoms with Gasteiger partial charge in [-0.15, -0.1) is 0 Å². The van der Waals surface area contributed by atoms with Crippen molar-refractivity contribution in [3.8, 4) is 5.75 Å². The molecule has 0 radical (unpaired) electrons. The Bertz CT molecular complexity index is 895. The van der Waals surface area contributed by atoms with E-state index >= 15 is 0 Å². The van der Waals surface area contributed by atoms with Crippen LogP contribution < -0.4 is 10.1 Å². The number of hydrogen-bond acceptors (Lipinski definition) is 3. The minimum absolute atomic E-state index is 0.686. The second kappa shape index (κ2) is 9.90. The highest BCUT2D eigenvalue weighted by Gasteiger charge is 2.13. The lowest BCUT2D eigenvalue weighted by Crippen LogP contribution is -2.35. The van der Waals surface area contributed by atoms with Crippen LogP contribution in [0.3, 0.4) is 0 Å². The Balaban J connectivity index is 1.71. The van der Waals surface area contributed by atoms with Crippen LogP contribution in [-0.4, -0.2) is 33.2 Å². The van der Waals surface area contributed by atoms with Gasteiger partial charge in [-0.05, 0) is 49.3 Å². The molecule has 0 unspecified atom stereocenters. The smallest absolute Gasteiger partial charge is 0.173 e. The number of imidazole rings is 1. The van der Waals surface area contributed by atoms with Crippen LogP contribution in [0.15, 0.2) is 67.3 Å². The van der Waals surface area contributed by atoms with Gasteiger partial charge in [0, 0.05) is 43.3 Å². The summed E-state index contributed by atoms with van der Waals surface area (Å²) in [6.45, 7) is 4.49. The molecular weight excluding hydrogens is 368 g/mol. The van der Waals surface area contributed by atoms with Gasteiger partial charge in [0.05, 0.1) is 13.4 Å². The Kier molecular flexibility index (Phi) is 7.03. The first-order valence-corrected chi connectivity index (χ1v) is 9.77. The predicted molar refractivity (Wildman–Crippen MR) is 118 cm³/mol. The summed E-state index contributed by atoms with van der Waals surface area (Å²) in [6.07, 6.45) is 6.58. The number of benzene rings is 2. The Morgan fingerprint density at radius 3 is 2.82 bits per heavy atom. The summed E-state index contributed by atoms with van der Waals surface area (Å²) < 4.78 is 7.60. The molecule has 0 fully saturated rings. The molecule has 146 valence electrons. The Labute approximate surface area is 172 Å². The van der Waals surface area contributed by atoms with Crippen LogP contribution in [0.5, 0.6) is 5.75 Å². The zero-order valence-corrected chi connectivity index (χ0v) is 17.2. The van der Waals surface area contributed by atoms with Crippen molar-refractivity contribution in [3.05, 3.63) is 78.4 Å². The number of nitrogens with one attached hydrogen (secondary N) is 1. The zero-order chi connectivity index (χ0) is 19.8. The van der Waals surface area contributed by atoms with Crippen LogP contribution >= 0.6 is 12.2 Å². The number of nitrogens with zero attached hydrogens (tertiary/aromatic N) is 3. The lowest BCUT2D eigenvalue weighted by molar-refractivity contribution is 0.372. The third kappa shape index (κ3) is 5.57. The minimum Gasteiger partial charge on any atom is -0.496 e. The van der Waals surface area contributed by atoms with Gasteiger partial charge in [-0.2, -0.15) is 0 Å². The largest absolute Gasteiger partial charge is 0.496 e. The minimum atomic E-state index is 0.686. The van der Waals surface area contributed by atoms with Gasteiger partial charge in [0.2, 0.25) is 0 Å². The topological polar surface area (TPSA) is 42.3 Å². The molecule has 0 amide bonds. The standard InChI is InChI=1S/C22H26N4OS/c1-18-7-5-9-20(15-18)24-22(28)26(13-6-12-25-14-11-23-17-25)16-19-8-3-4-10-21(19)27-2/h3-5,7-11,14-15,17H,6,12-13,16H2,1-2H3,(H,24,28). The number of thiocarbonyl (C=S) groups is 1. The van der Waals surface area contributed by atoms with Crippen molar-refractivity contribution in [2.75, 3.05) is 19.0 Å². The molecule has 0 saturated heterocycles. The molecular formula is C22H26N4OS. The van der Waals surface area contributed by atoms with E-state index in [-0.39, 0.29) is 0 Å². The molecule has 3 rings (SSSR count). The summed E-state index contributed by atoms with van der Waals surface area (Å²) in [6, 6.07) is 16.3. The summed E-state index contributed by atoms with van der Waals surface area (Å²) in [5, 5.41) is 4.09. The Morgan fingerprint density at radius 1 is 1.21 bits per heavy atom. The molecule has 6 heteroatoms. The number of para-hydroxylation sites is 1. The molecule has 28 heavy (non-hydrogen) atoms. The number of methoxy groups -OCH3 is 1. The number of ether oxygens (including phenoxy) is 1. The highest BCUT2D eigenvalue weighted by Crippen LogP contribution is 2.20. The number of rotatable bonds is 8. The quantitative estimate of drug-likeness (QED) is 0.570. The molecule has 0 bridgehead atoms. The molecule has 0 aliphatic carbocycles. The van der Waals surface area contributed by atoms with E-state index in [0.29, 0.717) is 11.7 Å². The number of aromatic nitrogens is 2. The van der Waals surface area contributed by atoms with E-state index in [2.05, 4.69) is 44.9 Å². The van der Waals surface area contributed by atoms with Crippen molar-refractivity contribution < 1.29 is 4.74 Å². The monoisotopic (exact) mass is 394 g/mol. The van der Waals surface area contributed by atoms with Gasteiger partial charge in [-0.25, -0.2) is 4.98 Å². The van der Waals surface area contributed by atoms with E-state index in [1.54, 1.807) is 13.3 Å². The van der Waals surface area contributed by atoms with Crippen LogP contribution in [-0.2, 0) is 13.1 Å². The van der Waals surface area contributed by atoms with E-state index < -0.39 is 0 Å². The summed E-state index contributed by atoms with van der Waals surface area (Å²) in [5.41, 5.74) is 3.31. The Morgan fingerprint density at radius 2 is 2.07 bits per heavy atom. The van der Waals surface area contributed by atoms with Gasteiger partial charge in [-0.3, -0.25) is 0 Å². The first-order chi connectivity index (χ1) is 13.7. The zero-order valence-electron chi connectivity index (χ0n) is 16.3. The first kappa shape index (κ1) is 19.9. The molecule has 5 nitrogen and oxygen atoms in total. The summed E-state index contributed by atoms with van der Waals surface area (Å²) in [5.74, 6) is 0.875. The van der Waals surface area contributed by atoms with Crippen LogP contribution in [0.1, 0.15) is 17.5 Å². The van der Waals surface area contributed by atoms with Crippen molar-refractivity contribution in [1.29, 1.82) is 0 Å². The van der Waals surface area contributed by atoms with E-state index in [4.69, 9.17) is 17.0 Å². The second-order valence-electron chi connectivity index (χ2n) is 6.69. The average Bonchev–Trinajstić information content (AvgIpc) is 3.21. The van der Waals surface area contributed by atoms with Gasteiger partial charge in [-0.1, -0.05) is 30.3 Å². The normalized spacial score (nSPS) is 10.5. The summed E-state index contributed by atoms with van der Waals surface area (Å²) in [4.78, 5) is 6.29. The van der Waals surface area contributed by atoms with Crippen LogP contribution in [0.4, 0.5) is 5.69 Å². The van der Waals surface area contributed by atoms with Crippen LogP contribution in [0, 0.1) is 6.92 Å². The van der Waals surface area contributed by atoms with Gasteiger partial charge < -0.3 is 19.5 Å². The summed E-state index contributed by atoms with van der Waals surface area (Å²) in [7, 11) is 1.70. The maximum absolute atomic E-state index is 5.75. The third-order valence-corrected chi connectivity index (χ3v) is 4.87. The molecule has 0 atom stereocenters. The molecule has 1 heterocycles. The van der Waals surface area contributed by atoms with Crippen molar-refractivity contribution in [1.82, 2.24) is 14.5 Å². The molecule has 2 aromatic carbocycles. The van der Waals surface area contributed by atoms with E-state index in [9.17, 15) is 0 Å². The fourth-order valence-electron chi connectivity index (χ4n) is 3.08. The highest BCUT2D eigenvalue weighted by atomic mass is 32.1. The maximum Gasteiger partial charge on any atom is 0.173 e. The molecule has 1 N–H and O–H groups in total. The van der Waals surface area contributed by atoms with Gasteiger partial charge in [0.15, 0.2) is 5.11 Å². The first-order valence-electron chi connectivity index (χ1n) is 9.36. The van der Waals surface area contributed by atoms with E-state index in [1.165, 1.54) is 5.56 Å². The lowest BCUT2D eigenvalue weighted by atomic mass is 10.2. The van der Waals surface area contributed by atoms with Gasteiger partial charge in [0.1, 0.15) is 5.75 Å². The summed E-state index contributed by atoms with van der Waals surface area (Å²) >= 11 is 5.75. The van der Waals surface area contributed by atoms with Crippen LogP contribution in [0.25, 0.3) is 0 Å². The molecule has 0 aliphatic rings. The van der Waals surface area contributed by atoms with E-state index in [1.807, 2.05) is 42.9 Å². The van der Waals surface area contributed by atoms with Crippen molar-refractivity contribution in [3.63, 3.8) is 0 Å². The van der Waals surface area contributed by atoms with E-state index in [0.717, 1.165) is 36.5 Å². The maximum atomic E-state index is 5.75. The lowest BCUT2D eigenvalue weighted by Gasteiger charge is -2.27. The number of anilines is 1. The molecule has 0 spiro atoms. The Hall–Kier alpha value is -2.86. The molecule has 3 aromatic rings. The molecule has 1 aromatic heterocycles. The fraction of sp³-hybridized carbons (Fsp3) is 0.273. The predicted octanol–water partition coefficient (Wildman–Crippen LogP) is 4.49. The molecule has 0 aliphatic heterocycles. The van der Waals surface area contributed by atoms with Gasteiger partial charge in [0.25, 0.3) is 0 Å². The highest BCUT2D eigenvalue weighted by molar-refractivity contribution is 7.80. The molecule has 0 saturated carbocycles. The fourth-order valence-corrected chi connectivity index (χ4v) is 3.35. The van der Waals surface area contributed by atoms with Crippen molar-refractivity contribution in [2.45, 2.75) is 26.4 Å². The van der Waals surface area contributed by atoms with Crippen molar-refractivity contribution in [2.24, 2.45) is 0 Å². The van der Waals surface area contributed by atoms with Crippen LogP contribution in [0.2, 0.25) is 0 Å². The number of hydrogen-bond donors (Lipinski definition) is 1. The third-order valence-electron chi connectivity index (χ3n) is 4.51. The number of aryl methyl sites for hydroxylation is 2. The second-order valence-corrected chi connectivity index (χ2v) is 7.07. The SMILES string of the molecule is COc1ccccc1CN(CCCn1ccnc1)C(=S)Nc1cccc(C)c1. The van der Waals surface area contributed by atoms with Gasteiger partial charge >= 0.3 is 0 Å². The van der Waals surface area contributed by atoms with Crippen molar-refractivity contribution >= 4 is 23.0 Å².